The molecule has 2 amide bonds. The molecule has 11 nitrogen and oxygen atoms in total. The zero-order chi connectivity index (χ0) is 29.8. The lowest BCUT2D eigenvalue weighted by molar-refractivity contribution is 0.253. The Kier molecular flexibility index (Phi) is 8.48. The van der Waals surface area contributed by atoms with Gasteiger partial charge in [-0.1, -0.05) is 24.3 Å². The quantitative estimate of drug-likeness (QED) is 0.337. The molecule has 1 aromatic heterocycles. The van der Waals surface area contributed by atoms with Crippen molar-refractivity contribution in [2.75, 3.05) is 69.8 Å². The van der Waals surface area contributed by atoms with E-state index in [0.29, 0.717) is 58.4 Å². The molecular weight excluding hydrogens is 536 g/mol. The summed E-state index contributed by atoms with van der Waals surface area (Å²) in [6.07, 6.45) is 0. The van der Waals surface area contributed by atoms with E-state index in [2.05, 4.69) is 17.3 Å². The van der Waals surface area contributed by atoms with Crippen molar-refractivity contribution in [3.63, 3.8) is 0 Å². The van der Waals surface area contributed by atoms with Gasteiger partial charge in [-0.05, 0) is 50.4 Å². The highest BCUT2D eigenvalue weighted by atomic mass is 16.5. The minimum atomic E-state index is -0.709. The summed E-state index contributed by atoms with van der Waals surface area (Å²) in [4.78, 5) is 37.0. The van der Waals surface area contributed by atoms with Crippen LogP contribution in [-0.4, -0.2) is 75.1 Å². The van der Waals surface area contributed by atoms with E-state index < -0.39 is 12.1 Å². The van der Waals surface area contributed by atoms with E-state index in [1.807, 2.05) is 42.3 Å². The second kappa shape index (κ2) is 12.4. The lowest BCUT2D eigenvalue weighted by Gasteiger charge is -2.38. The number of anilines is 2. The second-order valence-electron chi connectivity index (χ2n) is 10.1. The first-order valence-electron chi connectivity index (χ1n) is 13.8. The molecule has 5 rings (SSSR count). The van der Waals surface area contributed by atoms with Crippen LogP contribution in [0.4, 0.5) is 16.2 Å². The molecule has 3 aromatic carbocycles. The van der Waals surface area contributed by atoms with Crippen LogP contribution >= 0.6 is 0 Å². The van der Waals surface area contributed by atoms with Gasteiger partial charge in [-0.25, -0.2) is 14.5 Å². The highest BCUT2D eigenvalue weighted by molar-refractivity contribution is 6.04. The third-order valence-electron chi connectivity index (χ3n) is 7.52. The molecule has 0 aliphatic carbocycles. The number of ether oxygens (including phenoxy) is 3. The maximum atomic E-state index is 14.2. The predicted molar refractivity (Wildman–Crippen MR) is 164 cm³/mol. The maximum Gasteiger partial charge on any atom is 0.327 e. The van der Waals surface area contributed by atoms with Crippen molar-refractivity contribution in [3.05, 3.63) is 82.9 Å². The first-order chi connectivity index (χ1) is 20.4. The number of nitrogens with zero attached hydrogens (tertiary/aromatic N) is 5. The molecule has 1 fully saturated rings. The molecule has 1 N–H and O–H groups in total. The van der Waals surface area contributed by atoms with Gasteiger partial charge >= 0.3 is 6.03 Å². The van der Waals surface area contributed by atoms with Crippen LogP contribution in [0, 0.1) is 0 Å². The summed E-state index contributed by atoms with van der Waals surface area (Å²) in [6, 6.07) is 18.5. The van der Waals surface area contributed by atoms with Gasteiger partial charge in [-0.15, -0.1) is 0 Å². The fourth-order valence-electron chi connectivity index (χ4n) is 5.20. The Balaban J connectivity index is 1.69. The number of aromatic nitrogens is 2. The normalized spacial score (nSPS) is 14.4. The lowest BCUT2D eigenvalue weighted by atomic mass is 10.1. The van der Waals surface area contributed by atoms with Gasteiger partial charge in [-0.3, -0.25) is 9.69 Å². The zero-order valence-corrected chi connectivity index (χ0v) is 24.5. The predicted octanol–water partition coefficient (Wildman–Crippen LogP) is 4.11. The van der Waals surface area contributed by atoms with E-state index in [-0.39, 0.29) is 5.56 Å². The Bertz CT molecular complexity index is 1630. The van der Waals surface area contributed by atoms with E-state index >= 15 is 0 Å². The monoisotopic (exact) mass is 572 g/mol. The first kappa shape index (κ1) is 28.7. The number of amides is 2. The molecular formula is C31H36N6O5. The summed E-state index contributed by atoms with van der Waals surface area (Å²) in [5, 5.41) is 5.51. The Labute approximate surface area is 244 Å². The molecule has 1 unspecified atom stereocenters. The van der Waals surface area contributed by atoms with Gasteiger partial charge in [0.25, 0.3) is 5.56 Å². The van der Waals surface area contributed by atoms with E-state index in [4.69, 9.17) is 19.2 Å². The van der Waals surface area contributed by atoms with E-state index in [0.717, 1.165) is 13.1 Å². The molecule has 42 heavy (non-hydrogen) atoms. The van der Waals surface area contributed by atoms with Crippen molar-refractivity contribution in [3.8, 4) is 17.2 Å². The second-order valence-corrected chi connectivity index (χ2v) is 10.1. The summed E-state index contributed by atoms with van der Waals surface area (Å²) in [6.45, 7) is 4.70. The van der Waals surface area contributed by atoms with Gasteiger partial charge in [0, 0.05) is 32.2 Å². The average molecular weight is 573 g/mol. The van der Waals surface area contributed by atoms with Gasteiger partial charge < -0.3 is 29.4 Å². The number of fused-ring (bicyclic) bond motifs is 1. The number of para-hydroxylation sites is 3. The lowest BCUT2D eigenvalue weighted by Crippen LogP contribution is -2.55. The van der Waals surface area contributed by atoms with Crippen molar-refractivity contribution in [1.29, 1.82) is 0 Å². The van der Waals surface area contributed by atoms with E-state index in [9.17, 15) is 9.59 Å². The molecule has 220 valence electrons. The fourth-order valence-corrected chi connectivity index (χ4v) is 5.20. The van der Waals surface area contributed by atoms with Crippen LogP contribution in [0.5, 0.6) is 17.2 Å². The standard InChI is InChI=1S/C31H36N6O5/c1-21(29-32-24-11-7-6-10-23(24)30(38)37(29)35-18-16-34(2)17-19-35)36(26-15-14-22(40-3)20-28(26)42-5)31(39)33-25-12-8-9-13-27(25)41-4/h6-15,20-21H,16-19H2,1-5H3,(H,33,39). The molecule has 11 heteroatoms. The SMILES string of the molecule is COc1ccc(N(C(=O)Nc2ccccc2OC)C(C)c2nc3ccccc3c(=O)n2N2CCN(C)CC2)c(OC)c1. The summed E-state index contributed by atoms with van der Waals surface area (Å²) in [7, 11) is 6.71. The Morgan fingerprint density at radius 3 is 2.31 bits per heavy atom. The summed E-state index contributed by atoms with van der Waals surface area (Å²) in [5.74, 6) is 1.94. The van der Waals surface area contributed by atoms with E-state index in [1.54, 1.807) is 60.2 Å². The minimum absolute atomic E-state index is 0.182. The van der Waals surface area contributed by atoms with Crippen molar-refractivity contribution in [2.45, 2.75) is 13.0 Å². The topological polar surface area (TPSA) is 101 Å². The number of piperazine rings is 1. The van der Waals surface area contributed by atoms with Crippen LogP contribution in [0.15, 0.2) is 71.5 Å². The summed E-state index contributed by atoms with van der Waals surface area (Å²) in [5.41, 5.74) is 1.35. The van der Waals surface area contributed by atoms with Crippen LogP contribution in [0.3, 0.4) is 0 Å². The molecule has 1 aliphatic heterocycles. The van der Waals surface area contributed by atoms with Crippen molar-refractivity contribution < 1.29 is 19.0 Å². The molecule has 0 radical (unpaired) electrons. The van der Waals surface area contributed by atoms with Crippen LogP contribution in [-0.2, 0) is 0 Å². The number of benzene rings is 3. The third-order valence-corrected chi connectivity index (χ3v) is 7.52. The molecule has 1 aliphatic rings. The highest BCUT2D eigenvalue weighted by Gasteiger charge is 2.32. The molecule has 1 atom stereocenters. The van der Waals surface area contributed by atoms with Gasteiger partial charge in [0.15, 0.2) is 5.82 Å². The van der Waals surface area contributed by atoms with Crippen LogP contribution in [0.2, 0.25) is 0 Å². The maximum absolute atomic E-state index is 14.2. The highest BCUT2D eigenvalue weighted by Crippen LogP contribution is 2.38. The number of carbonyl (C=O) groups excluding carboxylic acids is 1. The number of urea groups is 1. The number of likely N-dealkylation sites (N-methyl/N-ethyl adjacent to an activating group) is 1. The molecule has 0 bridgehead atoms. The fraction of sp³-hybridized carbons (Fsp3) is 0.323. The Morgan fingerprint density at radius 1 is 0.905 bits per heavy atom. The van der Waals surface area contributed by atoms with Gasteiger partial charge in [0.2, 0.25) is 0 Å². The Morgan fingerprint density at radius 2 is 1.60 bits per heavy atom. The van der Waals surface area contributed by atoms with Crippen LogP contribution < -0.4 is 35.0 Å². The van der Waals surface area contributed by atoms with Crippen LogP contribution in [0.25, 0.3) is 10.9 Å². The summed E-state index contributed by atoms with van der Waals surface area (Å²) < 4.78 is 18.2. The molecule has 0 spiro atoms. The average Bonchev–Trinajstić information content (AvgIpc) is 3.02. The van der Waals surface area contributed by atoms with Crippen LogP contribution in [0.1, 0.15) is 18.8 Å². The van der Waals surface area contributed by atoms with Gasteiger partial charge in [0.05, 0.1) is 49.6 Å². The van der Waals surface area contributed by atoms with Gasteiger partial charge in [0.1, 0.15) is 17.2 Å². The minimum Gasteiger partial charge on any atom is -0.497 e. The molecule has 4 aromatic rings. The zero-order valence-electron chi connectivity index (χ0n) is 24.5. The molecule has 0 saturated carbocycles. The number of methoxy groups -OCH3 is 3. The van der Waals surface area contributed by atoms with E-state index in [1.165, 1.54) is 7.11 Å². The molecule has 2 heterocycles. The molecule has 1 saturated heterocycles. The van der Waals surface area contributed by atoms with Gasteiger partial charge in [-0.2, -0.15) is 0 Å². The van der Waals surface area contributed by atoms with Crippen molar-refractivity contribution in [1.82, 2.24) is 14.6 Å². The number of carbonyl (C=O) groups is 1. The first-order valence-corrected chi connectivity index (χ1v) is 13.8. The number of hydrogen-bond donors (Lipinski definition) is 1. The number of rotatable bonds is 8. The summed E-state index contributed by atoms with van der Waals surface area (Å²) >= 11 is 0. The van der Waals surface area contributed by atoms with Crippen molar-refractivity contribution in [2.24, 2.45) is 0 Å². The smallest absolute Gasteiger partial charge is 0.327 e. The largest absolute Gasteiger partial charge is 0.497 e. The van der Waals surface area contributed by atoms with Crippen molar-refractivity contribution >= 4 is 28.3 Å². The number of nitrogens with one attached hydrogen (secondary N) is 1. The Hall–Kier alpha value is -4.77. The third kappa shape index (κ3) is 5.55. The number of hydrogen-bond acceptors (Lipinski definition) is 8.